The van der Waals surface area contributed by atoms with Crippen molar-refractivity contribution >= 4 is 11.9 Å². The SMILES string of the molecule is Cc1nc(CN2CCC(C(N)=O)CC2)ncc1C(=O)O. The number of carboxylic acids is 1. The molecule has 0 aliphatic carbocycles. The van der Waals surface area contributed by atoms with Crippen molar-refractivity contribution in [2.24, 2.45) is 11.7 Å². The summed E-state index contributed by atoms with van der Waals surface area (Å²) in [6.45, 7) is 3.77. The van der Waals surface area contributed by atoms with Gasteiger partial charge in [0.1, 0.15) is 5.82 Å². The average Bonchev–Trinajstić information content (AvgIpc) is 2.39. The van der Waals surface area contributed by atoms with E-state index in [-0.39, 0.29) is 17.4 Å². The van der Waals surface area contributed by atoms with E-state index in [4.69, 9.17) is 10.8 Å². The molecule has 1 aliphatic rings. The van der Waals surface area contributed by atoms with Gasteiger partial charge in [-0.15, -0.1) is 0 Å². The zero-order chi connectivity index (χ0) is 14.7. The first-order valence-electron chi connectivity index (χ1n) is 6.55. The molecule has 0 saturated carbocycles. The van der Waals surface area contributed by atoms with Crippen LogP contribution < -0.4 is 5.73 Å². The average molecular weight is 278 g/mol. The Labute approximate surface area is 116 Å². The topological polar surface area (TPSA) is 109 Å². The molecule has 1 saturated heterocycles. The predicted molar refractivity (Wildman–Crippen MR) is 70.9 cm³/mol. The van der Waals surface area contributed by atoms with Gasteiger partial charge in [-0.1, -0.05) is 0 Å². The number of carboxylic acid groups (broad SMARTS) is 1. The number of nitrogens with zero attached hydrogens (tertiary/aromatic N) is 3. The van der Waals surface area contributed by atoms with Crippen molar-refractivity contribution in [3.05, 3.63) is 23.3 Å². The van der Waals surface area contributed by atoms with Crippen molar-refractivity contribution < 1.29 is 14.7 Å². The minimum absolute atomic E-state index is 0.0386. The summed E-state index contributed by atoms with van der Waals surface area (Å²) in [6, 6.07) is 0. The molecule has 0 unspecified atom stereocenters. The summed E-state index contributed by atoms with van der Waals surface area (Å²) in [5.74, 6) is -0.688. The highest BCUT2D eigenvalue weighted by Crippen LogP contribution is 2.18. The van der Waals surface area contributed by atoms with Gasteiger partial charge < -0.3 is 10.8 Å². The number of aryl methyl sites for hydroxylation is 1. The second-order valence-corrected chi connectivity index (χ2v) is 5.04. The molecule has 1 fully saturated rings. The Balaban J connectivity index is 1.96. The van der Waals surface area contributed by atoms with E-state index in [1.165, 1.54) is 6.20 Å². The first-order valence-corrected chi connectivity index (χ1v) is 6.55. The first kappa shape index (κ1) is 14.4. The fourth-order valence-electron chi connectivity index (χ4n) is 2.38. The molecule has 1 aromatic rings. The molecule has 7 nitrogen and oxygen atoms in total. The molecular weight excluding hydrogens is 260 g/mol. The van der Waals surface area contributed by atoms with Crippen LogP contribution in [0.15, 0.2) is 6.20 Å². The van der Waals surface area contributed by atoms with Crippen LogP contribution >= 0.6 is 0 Å². The highest BCUT2D eigenvalue weighted by molar-refractivity contribution is 5.88. The van der Waals surface area contributed by atoms with E-state index in [1.54, 1.807) is 6.92 Å². The van der Waals surface area contributed by atoms with Crippen LogP contribution in [0.3, 0.4) is 0 Å². The molecule has 0 bridgehead atoms. The van der Waals surface area contributed by atoms with Crippen LogP contribution in [0, 0.1) is 12.8 Å². The number of hydrogen-bond acceptors (Lipinski definition) is 5. The maximum absolute atomic E-state index is 11.1. The Morgan fingerprint density at radius 1 is 1.45 bits per heavy atom. The van der Waals surface area contributed by atoms with Crippen molar-refractivity contribution in [3.63, 3.8) is 0 Å². The lowest BCUT2D eigenvalue weighted by atomic mass is 9.96. The summed E-state index contributed by atoms with van der Waals surface area (Å²) in [6.07, 6.45) is 2.85. The monoisotopic (exact) mass is 278 g/mol. The predicted octanol–water partition coefficient (Wildman–Crippen LogP) is 0.181. The molecule has 1 aliphatic heterocycles. The molecule has 0 radical (unpaired) electrons. The number of carbonyl (C=O) groups is 2. The molecule has 20 heavy (non-hydrogen) atoms. The summed E-state index contributed by atoms with van der Waals surface area (Å²) in [7, 11) is 0. The van der Waals surface area contributed by atoms with Crippen LogP contribution in [0.25, 0.3) is 0 Å². The van der Waals surface area contributed by atoms with Gasteiger partial charge in [0.25, 0.3) is 0 Å². The number of carbonyl (C=O) groups excluding carboxylic acids is 1. The van der Waals surface area contributed by atoms with Gasteiger partial charge in [-0.05, 0) is 32.9 Å². The number of aromatic nitrogens is 2. The minimum Gasteiger partial charge on any atom is -0.478 e. The van der Waals surface area contributed by atoms with Crippen LogP contribution in [0.4, 0.5) is 0 Å². The van der Waals surface area contributed by atoms with Crippen LogP contribution in [0.2, 0.25) is 0 Å². The normalized spacial score (nSPS) is 17.1. The Morgan fingerprint density at radius 3 is 2.60 bits per heavy atom. The van der Waals surface area contributed by atoms with Crippen molar-refractivity contribution in [3.8, 4) is 0 Å². The number of primary amides is 1. The van der Waals surface area contributed by atoms with Crippen LogP contribution in [0.5, 0.6) is 0 Å². The quantitative estimate of drug-likeness (QED) is 0.813. The lowest BCUT2D eigenvalue weighted by Gasteiger charge is -2.29. The maximum Gasteiger partial charge on any atom is 0.339 e. The molecule has 2 rings (SSSR count). The summed E-state index contributed by atoms with van der Waals surface area (Å²) in [4.78, 5) is 32.4. The Morgan fingerprint density at radius 2 is 2.10 bits per heavy atom. The van der Waals surface area contributed by atoms with Crippen molar-refractivity contribution in [2.75, 3.05) is 13.1 Å². The number of aromatic carboxylic acids is 1. The standard InChI is InChI=1S/C13H18N4O3/c1-8-10(13(19)20)6-15-11(16-8)7-17-4-2-9(3-5-17)12(14)18/h6,9H,2-5,7H2,1H3,(H2,14,18)(H,19,20). The number of hydrogen-bond donors (Lipinski definition) is 2. The van der Waals surface area contributed by atoms with E-state index >= 15 is 0 Å². The molecule has 0 spiro atoms. The Kier molecular flexibility index (Phi) is 4.29. The van der Waals surface area contributed by atoms with Gasteiger partial charge in [0.15, 0.2) is 0 Å². The molecule has 7 heteroatoms. The van der Waals surface area contributed by atoms with Gasteiger partial charge in [0, 0.05) is 12.1 Å². The third-order valence-corrected chi connectivity index (χ3v) is 3.61. The number of nitrogens with two attached hydrogens (primary N) is 1. The number of piperidine rings is 1. The zero-order valence-corrected chi connectivity index (χ0v) is 11.4. The number of amides is 1. The van der Waals surface area contributed by atoms with E-state index in [0.29, 0.717) is 18.1 Å². The smallest absolute Gasteiger partial charge is 0.339 e. The fraction of sp³-hybridized carbons (Fsp3) is 0.538. The van der Waals surface area contributed by atoms with Crippen molar-refractivity contribution in [2.45, 2.75) is 26.3 Å². The van der Waals surface area contributed by atoms with Crippen LogP contribution in [-0.4, -0.2) is 44.9 Å². The van der Waals surface area contributed by atoms with Crippen LogP contribution in [0.1, 0.15) is 34.7 Å². The van der Waals surface area contributed by atoms with E-state index in [1.807, 2.05) is 0 Å². The molecule has 108 valence electrons. The third-order valence-electron chi connectivity index (χ3n) is 3.61. The third kappa shape index (κ3) is 3.30. The van der Waals surface area contributed by atoms with E-state index in [9.17, 15) is 9.59 Å². The number of rotatable bonds is 4. The van der Waals surface area contributed by atoms with Gasteiger partial charge in [-0.25, -0.2) is 14.8 Å². The summed E-state index contributed by atoms with van der Waals surface area (Å²) >= 11 is 0. The largest absolute Gasteiger partial charge is 0.478 e. The van der Waals surface area contributed by atoms with Gasteiger partial charge in [0.2, 0.25) is 5.91 Å². The van der Waals surface area contributed by atoms with E-state index in [0.717, 1.165) is 25.9 Å². The lowest BCUT2D eigenvalue weighted by Crippen LogP contribution is -2.38. The van der Waals surface area contributed by atoms with Gasteiger partial charge in [0.05, 0.1) is 17.8 Å². The minimum atomic E-state index is -1.02. The highest BCUT2D eigenvalue weighted by Gasteiger charge is 2.23. The van der Waals surface area contributed by atoms with Gasteiger partial charge >= 0.3 is 5.97 Å². The summed E-state index contributed by atoms with van der Waals surface area (Å²) in [5, 5.41) is 8.92. The summed E-state index contributed by atoms with van der Waals surface area (Å²) in [5.41, 5.74) is 5.89. The van der Waals surface area contributed by atoms with Crippen LogP contribution in [-0.2, 0) is 11.3 Å². The van der Waals surface area contributed by atoms with Crippen molar-refractivity contribution in [1.29, 1.82) is 0 Å². The number of likely N-dealkylation sites (tertiary alicyclic amines) is 1. The summed E-state index contributed by atoms with van der Waals surface area (Å²) < 4.78 is 0. The fourth-order valence-corrected chi connectivity index (χ4v) is 2.38. The Hall–Kier alpha value is -2.02. The lowest BCUT2D eigenvalue weighted by molar-refractivity contribution is -0.123. The first-order chi connectivity index (χ1) is 9.47. The maximum atomic E-state index is 11.1. The second-order valence-electron chi connectivity index (χ2n) is 5.04. The molecule has 1 amide bonds. The Bertz CT molecular complexity index is 524. The van der Waals surface area contributed by atoms with E-state index in [2.05, 4.69) is 14.9 Å². The molecule has 0 atom stereocenters. The molecule has 1 aromatic heterocycles. The zero-order valence-electron chi connectivity index (χ0n) is 11.4. The molecule has 3 N–H and O–H groups in total. The molecular formula is C13H18N4O3. The van der Waals surface area contributed by atoms with Gasteiger partial charge in [-0.2, -0.15) is 0 Å². The highest BCUT2D eigenvalue weighted by atomic mass is 16.4. The molecule has 2 heterocycles. The van der Waals surface area contributed by atoms with Crippen molar-refractivity contribution in [1.82, 2.24) is 14.9 Å². The molecule has 0 aromatic carbocycles. The van der Waals surface area contributed by atoms with Gasteiger partial charge in [-0.3, -0.25) is 9.69 Å². The van der Waals surface area contributed by atoms with E-state index < -0.39 is 5.97 Å². The second kappa shape index (κ2) is 5.96.